The third-order valence-electron chi connectivity index (χ3n) is 2.17. The average molecular weight is 198 g/mol. The highest BCUT2D eigenvalue weighted by molar-refractivity contribution is 5.41. The quantitative estimate of drug-likeness (QED) is 0.683. The van der Waals surface area contributed by atoms with Crippen LogP contribution in [0.25, 0.3) is 0 Å². The van der Waals surface area contributed by atoms with Gasteiger partial charge < -0.3 is 16.6 Å². The molecule has 1 aromatic rings. The summed E-state index contributed by atoms with van der Waals surface area (Å²) in [6, 6.07) is 2.12. The van der Waals surface area contributed by atoms with Gasteiger partial charge >= 0.3 is 0 Å². The van der Waals surface area contributed by atoms with Gasteiger partial charge in [-0.3, -0.25) is 0 Å². The Kier molecular flexibility index (Phi) is 3.43. The lowest BCUT2D eigenvalue weighted by atomic mass is 10.0. The summed E-state index contributed by atoms with van der Waals surface area (Å²) in [4.78, 5) is 0. The second kappa shape index (κ2) is 4.39. The SMILES string of the molecule is Cc1cc(F)cc([C@@H](N)CCN)c1O. The van der Waals surface area contributed by atoms with Crippen molar-refractivity contribution in [3.63, 3.8) is 0 Å². The predicted molar refractivity (Wildman–Crippen MR) is 53.4 cm³/mol. The molecule has 0 unspecified atom stereocenters. The van der Waals surface area contributed by atoms with E-state index in [2.05, 4.69) is 0 Å². The van der Waals surface area contributed by atoms with E-state index in [1.807, 2.05) is 0 Å². The molecule has 5 N–H and O–H groups in total. The molecule has 1 rings (SSSR count). The van der Waals surface area contributed by atoms with Gasteiger partial charge in [-0.15, -0.1) is 0 Å². The van der Waals surface area contributed by atoms with E-state index >= 15 is 0 Å². The van der Waals surface area contributed by atoms with Crippen LogP contribution >= 0.6 is 0 Å². The molecular weight excluding hydrogens is 183 g/mol. The molecule has 14 heavy (non-hydrogen) atoms. The van der Waals surface area contributed by atoms with Crippen LogP contribution in [0.3, 0.4) is 0 Å². The van der Waals surface area contributed by atoms with Crippen molar-refractivity contribution < 1.29 is 9.50 Å². The van der Waals surface area contributed by atoms with Crippen LogP contribution in [-0.4, -0.2) is 11.7 Å². The van der Waals surface area contributed by atoms with Gasteiger partial charge in [0.2, 0.25) is 0 Å². The van der Waals surface area contributed by atoms with E-state index < -0.39 is 6.04 Å². The highest BCUT2D eigenvalue weighted by Gasteiger charge is 2.13. The van der Waals surface area contributed by atoms with Gasteiger partial charge in [-0.25, -0.2) is 4.39 Å². The molecule has 4 heteroatoms. The molecule has 0 aliphatic heterocycles. The Morgan fingerprint density at radius 2 is 2.14 bits per heavy atom. The van der Waals surface area contributed by atoms with Crippen LogP contribution < -0.4 is 11.5 Å². The number of hydrogen-bond donors (Lipinski definition) is 3. The number of rotatable bonds is 3. The molecule has 0 aliphatic carbocycles. The van der Waals surface area contributed by atoms with E-state index in [-0.39, 0.29) is 11.6 Å². The molecule has 0 saturated heterocycles. The van der Waals surface area contributed by atoms with Crippen LogP contribution in [0.5, 0.6) is 5.75 Å². The van der Waals surface area contributed by atoms with Crippen LogP contribution in [0.15, 0.2) is 12.1 Å². The van der Waals surface area contributed by atoms with E-state index in [1.54, 1.807) is 6.92 Å². The Balaban J connectivity index is 3.07. The Hall–Kier alpha value is -1.13. The average Bonchev–Trinajstić information content (AvgIpc) is 2.11. The molecule has 78 valence electrons. The third kappa shape index (κ3) is 2.21. The highest BCUT2D eigenvalue weighted by atomic mass is 19.1. The fourth-order valence-corrected chi connectivity index (χ4v) is 1.38. The summed E-state index contributed by atoms with van der Waals surface area (Å²) in [6.45, 7) is 2.05. The van der Waals surface area contributed by atoms with Gasteiger partial charge in [0.25, 0.3) is 0 Å². The van der Waals surface area contributed by atoms with E-state index in [0.29, 0.717) is 24.1 Å². The topological polar surface area (TPSA) is 72.3 Å². The van der Waals surface area contributed by atoms with Crippen LogP contribution in [0.2, 0.25) is 0 Å². The lowest BCUT2D eigenvalue weighted by Gasteiger charge is -2.14. The number of phenolic OH excluding ortho intramolecular Hbond substituents is 1. The van der Waals surface area contributed by atoms with Crippen molar-refractivity contribution >= 4 is 0 Å². The second-order valence-electron chi connectivity index (χ2n) is 3.34. The van der Waals surface area contributed by atoms with Crippen molar-refractivity contribution in [2.75, 3.05) is 6.54 Å². The highest BCUT2D eigenvalue weighted by Crippen LogP contribution is 2.28. The normalized spacial score (nSPS) is 12.9. The van der Waals surface area contributed by atoms with Crippen LogP contribution in [0, 0.1) is 12.7 Å². The van der Waals surface area contributed by atoms with Crippen molar-refractivity contribution in [2.45, 2.75) is 19.4 Å². The Morgan fingerprint density at radius 3 is 2.71 bits per heavy atom. The lowest BCUT2D eigenvalue weighted by molar-refractivity contribution is 0.451. The summed E-state index contributed by atoms with van der Waals surface area (Å²) in [5.74, 6) is -0.324. The van der Waals surface area contributed by atoms with Crippen LogP contribution in [-0.2, 0) is 0 Å². The van der Waals surface area contributed by atoms with Crippen molar-refractivity contribution in [2.24, 2.45) is 11.5 Å². The molecule has 1 aromatic carbocycles. The summed E-state index contributed by atoms with van der Waals surface area (Å²) in [7, 11) is 0. The molecule has 3 nitrogen and oxygen atoms in total. The van der Waals surface area contributed by atoms with Crippen molar-refractivity contribution in [3.05, 3.63) is 29.1 Å². The Labute approximate surface area is 82.5 Å². The van der Waals surface area contributed by atoms with Gasteiger partial charge in [-0.2, -0.15) is 0 Å². The molecule has 0 fully saturated rings. The number of nitrogens with two attached hydrogens (primary N) is 2. The second-order valence-corrected chi connectivity index (χ2v) is 3.34. The Morgan fingerprint density at radius 1 is 1.50 bits per heavy atom. The first-order valence-electron chi connectivity index (χ1n) is 4.51. The summed E-state index contributed by atoms with van der Waals surface area (Å²) >= 11 is 0. The summed E-state index contributed by atoms with van der Waals surface area (Å²) in [5.41, 5.74) is 12.0. The third-order valence-corrected chi connectivity index (χ3v) is 2.17. The van der Waals surface area contributed by atoms with Crippen molar-refractivity contribution in [3.8, 4) is 5.75 Å². The maximum Gasteiger partial charge on any atom is 0.124 e. The van der Waals surface area contributed by atoms with E-state index in [4.69, 9.17) is 11.5 Å². The van der Waals surface area contributed by atoms with Gasteiger partial charge in [-0.1, -0.05) is 0 Å². The molecule has 0 radical (unpaired) electrons. The zero-order valence-electron chi connectivity index (χ0n) is 8.13. The standard InChI is InChI=1S/C10H15FN2O/c1-6-4-7(11)5-8(10(6)14)9(13)2-3-12/h4-5,9,14H,2-3,12-13H2,1H3/t9-/m0/s1. The van der Waals surface area contributed by atoms with Crippen molar-refractivity contribution in [1.29, 1.82) is 0 Å². The van der Waals surface area contributed by atoms with Crippen molar-refractivity contribution in [1.82, 2.24) is 0 Å². The minimum atomic E-state index is -0.408. The largest absolute Gasteiger partial charge is 0.507 e. The van der Waals surface area contributed by atoms with Crippen LogP contribution in [0.1, 0.15) is 23.6 Å². The molecule has 0 saturated carbocycles. The molecular formula is C10H15FN2O. The summed E-state index contributed by atoms with van der Waals surface area (Å²) < 4.78 is 13.0. The molecule has 0 bridgehead atoms. The molecule has 1 atom stereocenters. The first-order chi connectivity index (χ1) is 6.56. The number of aromatic hydroxyl groups is 1. The summed E-state index contributed by atoms with van der Waals surface area (Å²) in [5, 5.41) is 9.63. The summed E-state index contributed by atoms with van der Waals surface area (Å²) in [6.07, 6.45) is 0.524. The predicted octanol–water partition coefficient (Wildman–Crippen LogP) is 1.19. The molecule has 0 amide bonds. The first-order valence-corrected chi connectivity index (χ1v) is 4.51. The minimum Gasteiger partial charge on any atom is -0.507 e. The maximum absolute atomic E-state index is 13.0. The fraction of sp³-hybridized carbons (Fsp3) is 0.400. The smallest absolute Gasteiger partial charge is 0.124 e. The number of aryl methyl sites for hydroxylation is 1. The monoisotopic (exact) mass is 198 g/mol. The number of benzene rings is 1. The maximum atomic E-state index is 13.0. The zero-order valence-corrected chi connectivity index (χ0v) is 8.13. The molecule has 0 heterocycles. The fourth-order valence-electron chi connectivity index (χ4n) is 1.38. The molecule has 0 spiro atoms. The van der Waals surface area contributed by atoms with Gasteiger partial charge in [0, 0.05) is 11.6 Å². The van der Waals surface area contributed by atoms with Gasteiger partial charge in [-0.05, 0) is 37.6 Å². The number of halogens is 1. The van der Waals surface area contributed by atoms with Gasteiger partial charge in [0.05, 0.1) is 0 Å². The van der Waals surface area contributed by atoms with E-state index in [9.17, 15) is 9.50 Å². The minimum absolute atomic E-state index is 0.0624. The van der Waals surface area contributed by atoms with Gasteiger partial charge in [0.15, 0.2) is 0 Å². The number of hydrogen-bond acceptors (Lipinski definition) is 3. The zero-order chi connectivity index (χ0) is 10.7. The van der Waals surface area contributed by atoms with E-state index in [1.165, 1.54) is 12.1 Å². The first kappa shape index (κ1) is 10.9. The van der Waals surface area contributed by atoms with Crippen LogP contribution in [0.4, 0.5) is 4.39 Å². The Bertz CT molecular complexity index is 328. The molecule has 0 aromatic heterocycles. The van der Waals surface area contributed by atoms with Gasteiger partial charge in [0.1, 0.15) is 11.6 Å². The lowest BCUT2D eigenvalue weighted by Crippen LogP contribution is -2.15. The van der Waals surface area contributed by atoms with E-state index in [0.717, 1.165) is 0 Å². The number of phenols is 1. The molecule has 0 aliphatic rings.